The Kier molecular flexibility index (Phi) is 3.76. The van der Waals surface area contributed by atoms with Crippen molar-refractivity contribution in [2.24, 2.45) is 0 Å². The lowest BCUT2D eigenvalue weighted by Gasteiger charge is -2.24. The Morgan fingerprint density at radius 2 is 2.11 bits per heavy atom. The van der Waals surface area contributed by atoms with Crippen molar-refractivity contribution < 1.29 is 9.47 Å². The van der Waals surface area contributed by atoms with Gasteiger partial charge in [0.05, 0.1) is 13.2 Å². The average Bonchev–Trinajstić information content (AvgIpc) is 3.23. The zero-order valence-electron chi connectivity index (χ0n) is 10.6. The summed E-state index contributed by atoms with van der Waals surface area (Å²) in [7, 11) is 0. The molecule has 1 saturated carbocycles. The van der Waals surface area contributed by atoms with Gasteiger partial charge in [0.25, 0.3) is 0 Å². The van der Waals surface area contributed by atoms with Crippen molar-refractivity contribution in [1.29, 1.82) is 0 Å². The minimum Gasteiger partial charge on any atom is -0.490 e. The number of rotatable bonds is 5. The van der Waals surface area contributed by atoms with E-state index in [1.54, 1.807) is 6.20 Å². The van der Waals surface area contributed by atoms with E-state index in [0.717, 1.165) is 43.9 Å². The van der Waals surface area contributed by atoms with E-state index in [-0.39, 0.29) is 0 Å². The monoisotopic (exact) mass is 248 g/mol. The average molecular weight is 248 g/mol. The third kappa shape index (κ3) is 3.21. The zero-order valence-corrected chi connectivity index (χ0v) is 10.6. The lowest BCUT2D eigenvalue weighted by Crippen LogP contribution is -2.26. The van der Waals surface area contributed by atoms with Crippen molar-refractivity contribution in [1.82, 2.24) is 10.3 Å². The molecule has 18 heavy (non-hydrogen) atoms. The molecule has 0 atom stereocenters. The summed E-state index contributed by atoms with van der Waals surface area (Å²) >= 11 is 0. The summed E-state index contributed by atoms with van der Waals surface area (Å²) in [5.41, 5.74) is 1.16. The quantitative estimate of drug-likeness (QED) is 0.864. The molecule has 2 aliphatic rings. The second kappa shape index (κ2) is 5.67. The summed E-state index contributed by atoms with van der Waals surface area (Å²) in [4.78, 5) is 4.19. The molecule has 0 amide bonds. The SMILES string of the molecule is c1cc(OC2CCOCC2)c(CNC2CC2)cn1. The fourth-order valence-electron chi connectivity index (χ4n) is 2.18. The summed E-state index contributed by atoms with van der Waals surface area (Å²) in [6.07, 6.45) is 8.57. The molecule has 0 unspecified atom stereocenters. The standard InChI is InChI=1S/C14H20N2O2/c1-2-12(1)16-10-11-9-15-6-3-14(11)18-13-4-7-17-8-5-13/h3,6,9,12-13,16H,1-2,4-5,7-8,10H2. The van der Waals surface area contributed by atoms with E-state index in [2.05, 4.69) is 10.3 Å². The highest BCUT2D eigenvalue weighted by molar-refractivity contribution is 5.30. The molecule has 2 heterocycles. The summed E-state index contributed by atoms with van der Waals surface area (Å²) in [5.74, 6) is 0.977. The maximum Gasteiger partial charge on any atom is 0.127 e. The third-order valence-electron chi connectivity index (χ3n) is 3.48. The Labute approximate surface area is 108 Å². The fraction of sp³-hybridized carbons (Fsp3) is 0.643. The lowest BCUT2D eigenvalue weighted by molar-refractivity contribution is 0.0251. The molecule has 1 aromatic rings. The lowest BCUT2D eigenvalue weighted by atomic mass is 10.1. The number of nitrogens with one attached hydrogen (secondary N) is 1. The van der Waals surface area contributed by atoms with Crippen LogP contribution in [0.15, 0.2) is 18.5 Å². The number of nitrogens with zero attached hydrogens (tertiary/aromatic N) is 1. The van der Waals surface area contributed by atoms with E-state index in [4.69, 9.17) is 9.47 Å². The second-order valence-corrected chi connectivity index (χ2v) is 5.07. The van der Waals surface area contributed by atoms with E-state index in [9.17, 15) is 0 Å². The molecule has 1 aliphatic carbocycles. The maximum atomic E-state index is 6.08. The Morgan fingerprint density at radius 1 is 1.28 bits per heavy atom. The van der Waals surface area contributed by atoms with Crippen LogP contribution in [0.4, 0.5) is 0 Å². The van der Waals surface area contributed by atoms with Crippen LogP contribution in [0.1, 0.15) is 31.2 Å². The molecule has 0 spiro atoms. The first-order chi connectivity index (χ1) is 8.92. The van der Waals surface area contributed by atoms with Crippen molar-refractivity contribution in [3.63, 3.8) is 0 Å². The van der Waals surface area contributed by atoms with Gasteiger partial charge in [-0.1, -0.05) is 0 Å². The molecule has 0 aromatic carbocycles. The van der Waals surface area contributed by atoms with Crippen LogP contribution < -0.4 is 10.1 Å². The van der Waals surface area contributed by atoms with Gasteiger partial charge in [0, 0.05) is 43.4 Å². The topological polar surface area (TPSA) is 43.4 Å². The molecule has 1 aliphatic heterocycles. The molecule has 2 fully saturated rings. The first-order valence-electron chi connectivity index (χ1n) is 6.82. The van der Waals surface area contributed by atoms with Crippen LogP contribution in [0.5, 0.6) is 5.75 Å². The highest BCUT2D eigenvalue weighted by Gasteiger charge is 2.21. The largest absolute Gasteiger partial charge is 0.490 e. The maximum absolute atomic E-state index is 6.08. The molecule has 98 valence electrons. The highest BCUT2D eigenvalue weighted by Crippen LogP contribution is 2.24. The number of hydrogen-bond acceptors (Lipinski definition) is 4. The van der Waals surface area contributed by atoms with Crippen LogP contribution in [0.2, 0.25) is 0 Å². The summed E-state index contributed by atoms with van der Waals surface area (Å²) in [6, 6.07) is 2.68. The van der Waals surface area contributed by atoms with Crippen LogP contribution >= 0.6 is 0 Å². The van der Waals surface area contributed by atoms with Crippen LogP contribution in [-0.4, -0.2) is 30.3 Å². The van der Waals surface area contributed by atoms with Crippen molar-refractivity contribution >= 4 is 0 Å². The smallest absolute Gasteiger partial charge is 0.127 e. The molecule has 0 bridgehead atoms. The van der Waals surface area contributed by atoms with Gasteiger partial charge in [0.15, 0.2) is 0 Å². The fourth-order valence-corrected chi connectivity index (χ4v) is 2.18. The second-order valence-electron chi connectivity index (χ2n) is 5.07. The van der Waals surface area contributed by atoms with Gasteiger partial charge in [-0.3, -0.25) is 4.98 Å². The van der Waals surface area contributed by atoms with Gasteiger partial charge in [-0.2, -0.15) is 0 Å². The van der Waals surface area contributed by atoms with Crippen LogP contribution in [0.25, 0.3) is 0 Å². The van der Waals surface area contributed by atoms with E-state index in [1.165, 1.54) is 12.8 Å². The van der Waals surface area contributed by atoms with Crippen molar-refractivity contribution in [3.8, 4) is 5.75 Å². The number of pyridine rings is 1. The minimum atomic E-state index is 0.292. The van der Waals surface area contributed by atoms with Gasteiger partial charge >= 0.3 is 0 Å². The predicted octanol–water partition coefficient (Wildman–Crippen LogP) is 1.89. The molecule has 3 rings (SSSR count). The van der Waals surface area contributed by atoms with Crippen LogP contribution in [-0.2, 0) is 11.3 Å². The van der Waals surface area contributed by atoms with E-state index in [0.29, 0.717) is 12.1 Å². The molecule has 1 saturated heterocycles. The minimum absolute atomic E-state index is 0.292. The van der Waals surface area contributed by atoms with Gasteiger partial charge in [-0.05, 0) is 18.9 Å². The number of ether oxygens (including phenoxy) is 2. The summed E-state index contributed by atoms with van der Waals surface area (Å²) < 4.78 is 11.4. The Bertz CT molecular complexity index is 387. The molecule has 4 nitrogen and oxygen atoms in total. The van der Waals surface area contributed by atoms with Gasteiger partial charge in [0.1, 0.15) is 11.9 Å². The van der Waals surface area contributed by atoms with Crippen molar-refractivity contribution in [3.05, 3.63) is 24.0 Å². The van der Waals surface area contributed by atoms with Crippen LogP contribution in [0.3, 0.4) is 0 Å². The molecule has 1 N–H and O–H groups in total. The Hall–Kier alpha value is -1.13. The summed E-state index contributed by atoms with van der Waals surface area (Å²) in [6.45, 7) is 2.48. The first kappa shape index (κ1) is 11.9. The van der Waals surface area contributed by atoms with E-state index < -0.39 is 0 Å². The van der Waals surface area contributed by atoms with E-state index >= 15 is 0 Å². The molecule has 0 radical (unpaired) electrons. The predicted molar refractivity (Wildman–Crippen MR) is 68.6 cm³/mol. The highest BCUT2D eigenvalue weighted by atomic mass is 16.5. The normalized spacial score (nSPS) is 20.9. The molecule has 4 heteroatoms. The van der Waals surface area contributed by atoms with Crippen LogP contribution in [0, 0.1) is 0 Å². The Balaban J connectivity index is 1.61. The van der Waals surface area contributed by atoms with Crippen molar-refractivity contribution in [2.45, 2.75) is 44.4 Å². The Morgan fingerprint density at radius 3 is 2.89 bits per heavy atom. The zero-order chi connectivity index (χ0) is 12.2. The summed E-state index contributed by atoms with van der Waals surface area (Å²) in [5, 5.41) is 3.51. The van der Waals surface area contributed by atoms with Crippen molar-refractivity contribution in [2.75, 3.05) is 13.2 Å². The molecular weight excluding hydrogens is 228 g/mol. The van der Waals surface area contributed by atoms with Gasteiger partial charge in [-0.25, -0.2) is 0 Å². The number of aromatic nitrogens is 1. The molecular formula is C14H20N2O2. The van der Waals surface area contributed by atoms with Gasteiger partial charge < -0.3 is 14.8 Å². The third-order valence-corrected chi connectivity index (χ3v) is 3.48. The first-order valence-corrected chi connectivity index (χ1v) is 6.82. The van der Waals surface area contributed by atoms with E-state index in [1.807, 2.05) is 12.3 Å². The number of hydrogen-bond donors (Lipinski definition) is 1. The van der Waals surface area contributed by atoms with Gasteiger partial charge in [0.2, 0.25) is 0 Å². The molecule has 1 aromatic heterocycles. The van der Waals surface area contributed by atoms with Gasteiger partial charge in [-0.15, -0.1) is 0 Å².